The second-order valence-electron chi connectivity index (χ2n) is 3.19. The molecule has 0 aromatic rings. The summed E-state index contributed by atoms with van der Waals surface area (Å²) in [6, 6.07) is 0. The Bertz CT molecular complexity index is 252. The monoisotopic (exact) mass is 226 g/mol. The third-order valence-corrected chi connectivity index (χ3v) is 2.11. The first-order valence-corrected chi connectivity index (χ1v) is 5.10. The lowest BCUT2D eigenvalue weighted by Gasteiger charge is -2.11. The average molecular weight is 226 g/mol. The van der Waals surface area contributed by atoms with Crippen LogP contribution in [0.4, 0.5) is 0 Å². The maximum absolute atomic E-state index is 11.3. The van der Waals surface area contributed by atoms with Crippen molar-refractivity contribution in [3.05, 3.63) is 24.8 Å². The SMILES string of the molecule is C=C/C=C/CCCC(C(=O)OC)C(=O)OC. The fourth-order valence-electron chi connectivity index (χ4n) is 1.25. The fraction of sp³-hybridized carbons (Fsp3) is 0.500. The van der Waals surface area contributed by atoms with Crippen LogP contribution >= 0.6 is 0 Å². The summed E-state index contributed by atoms with van der Waals surface area (Å²) in [4.78, 5) is 22.5. The molecule has 0 spiro atoms. The van der Waals surface area contributed by atoms with Crippen molar-refractivity contribution in [3.8, 4) is 0 Å². The molecule has 4 nitrogen and oxygen atoms in total. The molecule has 16 heavy (non-hydrogen) atoms. The Morgan fingerprint density at radius 2 is 1.81 bits per heavy atom. The number of allylic oxidation sites excluding steroid dienone is 3. The second-order valence-corrected chi connectivity index (χ2v) is 3.19. The zero-order valence-corrected chi connectivity index (χ0v) is 9.77. The van der Waals surface area contributed by atoms with Gasteiger partial charge in [0.05, 0.1) is 14.2 Å². The van der Waals surface area contributed by atoms with Gasteiger partial charge in [0.2, 0.25) is 0 Å². The highest BCUT2D eigenvalue weighted by atomic mass is 16.5. The van der Waals surface area contributed by atoms with E-state index in [9.17, 15) is 9.59 Å². The number of carbonyl (C=O) groups is 2. The Labute approximate surface area is 95.9 Å². The van der Waals surface area contributed by atoms with Gasteiger partial charge in [-0.25, -0.2) is 0 Å². The minimum atomic E-state index is -0.813. The molecule has 0 bridgehead atoms. The molecule has 0 aliphatic rings. The highest BCUT2D eigenvalue weighted by Gasteiger charge is 2.27. The van der Waals surface area contributed by atoms with Gasteiger partial charge in [-0.1, -0.05) is 24.8 Å². The van der Waals surface area contributed by atoms with Crippen molar-refractivity contribution in [1.29, 1.82) is 0 Å². The van der Waals surface area contributed by atoms with Gasteiger partial charge in [0, 0.05) is 0 Å². The molecule has 0 fully saturated rings. The van der Waals surface area contributed by atoms with Crippen LogP contribution in [0.2, 0.25) is 0 Å². The zero-order chi connectivity index (χ0) is 12.4. The largest absolute Gasteiger partial charge is 0.468 e. The van der Waals surface area contributed by atoms with Crippen LogP contribution in [0.1, 0.15) is 19.3 Å². The molecular weight excluding hydrogens is 208 g/mol. The van der Waals surface area contributed by atoms with E-state index in [2.05, 4.69) is 16.1 Å². The highest BCUT2D eigenvalue weighted by molar-refractivity contribution is 5.94. The normalized spacial score (nSPS) is 10.4. The highest BCUT2D eigenvalue weighted by Crippen LogP contribution is 2.12. The van der Waals surface area contributed by atoms with Crippen molar-refractivity contribution in [1.82, 2.24) is 0 Å². The van der Waals surface area contributed by atoms with Gasteiger partial charge in [0.1, 0.15) is 0 Å². The summed E-state index contributed by atoms with van der Waals surface area (Å²) < 4.78 is 9.08. The molecule has 0 heterocycles. The van der Waals surface area contributed by atoms with Gasteiger partial charge < -0.3 is 9.47 Å². The third kappa shape index (κ3) is 5.34. The van der Waals surface area contributed by atoms with Gasteiger partial charge in [-0.15, -0.1) is 0 Å². The molecule has 0 saturated carbocycles. The Balaban J connectivity index is 4.12. The summed E-state index contributed by atoms with van der Waals surface area (Å²) in [5.74, 6) is -1.90. The number of ether oxygens (including phenoxy) is 2. The number of carbonyl (C=O) groups excluding carboxylic acids is 2. The molecule has 90 valence electrons. The first-order valence-electron chi connectivity index (χ1n) is 5.10. The predicted octanol–water partition coefficient (Wildman–Crippen LogP) is 1.86. The Hall–Kier alpha value is -1.58. The molecule has 0 rings (SSSR count). The number of unbranched alkanes of at least 4 members (excludes halogenated alkanes) is 1. The van der Waals surface area contributed by atoms with Gasteiger partial charge in [0.25, 0.3) is 0 Å². The fourth-order valence-corrected chi connectivity index (χ4v) is 1.25. The van der Waals surface area contributed by atoms with Crippen LogP contribution in [-0.4, -0.2) is 26.2 Å². The smallest absolute Gasteiger partial charge is 0.320 e. The lowest BCUT2D eigenvalue weighted by molar-refractivity contribution is -0.159. The molecule has 0 aromatic carbocycles. The maximum Gasteiger partial charge on any atom is 0.320 e. The van der Waals surface area contributed by atoms with Crippen molar-refractivity contribution >= 4 is 11.9 Å². The van der Waals surface area contributed by atoms with E-state index in [1.165, 1.54) is 14.2 Å². The van der Waals surface area contributed by atoms with Gasteiger partial charge >= 0.3 is 11.9 Å². The molecule has 0 amide bonds. The van der Waals surface area contributed by atoms with Gasteiger partial charge in [0.15, 0.2) is 5.92 Å². The quantitative estimate of drug-likeness (QED) is 0.288. The third-order valence-electron chi connectivity index (χ3n) is 2.11. The average Bonchev–Trinajstić information content (AvgIpc) is 2.32. The minimum absolute atomic E-state index is 0.431. The van der Waals surface area contributed by atoms with Gasteiger partial charge in [-0.2, -0.15) is 0 Å². The first kappa shape index (κ1) is 14.4. The van der Waals surface area contributed by atoms with Crippen LogP contribution in [0, 0.1) is 5.92 Å². The summed E-state index contributed by atoms with van der Waals surface area (Å²) in [5.41, 5.74) is 0. The van der Waals surface area contributed by atoms with E-state index in [0.717, 1.165) is 12.8 Å². The van der Waals surface area contributed by atoms with Crippen LogP contribution in [0.3, 0.4) is 0 Å². The van der Waals surface area contributed by atoms with E-state index in [-0.39, 0.29) is 0 Å². The van der Waals surface area contributed by atoms with Crippen LogP contribution in [0.5, 0.6) is 0 Å². The van der Waals surface area contributed by atoms with E-state index in [1.807, 2.05) is 12.2 Å². The number of hydrogen-bond acceptors (Lipinski definition) is 4. The predicted molar refractivity (Wildman–Crippen MR) is 60.7 cm³/mol. The molecular formula is C12H18O4. The molecule has 0 radical (unpaired) electrons. The van der Waals surface area contributed by atoms with Crippen molar-refractivity contribution < 1.29 is 19.1 Å². The molecule has 0 saturated heterocycles. The Kier molecular flexibility index (Phi) is 7.85. The van der Waals surface area contributed by atoms with Gasteiger partial charge in [-0.3, -0.25) is 9.59 Å². The summed E-state index contributed by atoms with van der Waals surface area (Å²) in [6.07, 6.45) is 7.37. The van der Waals surface area contributed by atoms with E-state index in [0.29, 0.717) is 6.42 Å². The van der Waals surface area contributed by atoms with Crippen molar-refractivity contribution in [2.24, 2.45) is 5.92 Å². The number of esters is 2. The zero-order valence-electron chi connectivity index (χ0n) is 9.77. The summed E-state index contributed by atoms with van der Waals surface area (Å²) >= 11 is 0. The molecule has 0 atom stereocenters. The topological polar surface area (TPSA) is 52.6 Å². The van der Waals surface area contributed by atoms with Crippen LogP contribution in [-0.2, 0) is 19.1 Å². The molecule has 0 aliphatic carbocycles. The molecule has 0 aliphatic heterocycles. The van der Waals surface area contributed by atoms with Gasteiger partial charge in [-0.05, 0) is 19.3 Å². The van der Waals surface area contributed by atoms with E-state index < -0.39 is 17.9 Å². The molecule has 4 heteroatoms. The maximum atomic E-state index is 11.3. The Morgan fingerprint density at radius 3 is 2.25 bits per heavy atom. The van der Waals surface area contributed by atoms with E-state index in [1.54, 1.807) is 6.08 Å². The van der Waals surface area contributed by atoms with E-state index in [4.69, 9.17) is 0 Å². The summed E-state index contributed by atoms with van der Waals surface area (Å²) in [7, 11) is 2.52. The lowest BCUT2D eigenvalue weighted by Crippen LogP contribution is -2.26. The first-order chi connectivity index (χ1) is 7.67. The molecule has 0 N–H and O–H groups in total. The van der Waals surface area contributed by atoms with Crippen molar-refractivity contribution in [3.63, 3.8) is 0 Å². The minimum Gasteiger partial charge on any atom is -0.468 e. The molecule has 0 unspecified atom stereocenters. The van der Waals surface area contributed by atoms with Crippen molar-refractivity contribution in [2.75, 3.05) is 14.2 Å². The standard InChI is InChI=1S/C12H18O4/c1-4-5-6-7-8-9-10(11(13)15-2)12(14)16-3/h4-6,10H,1,7-9H2,2-3H3/b6-5+. The number of hydrogen-bond donors (Lipinski definition) is 0. The number of methoxy groups -OCH3 is 2. The molecule has 0 aromatic heterocycles. The number of rotatable bonds is 7. The van der Waals surface area contributed by atoms with Crippen LogP contribution < -0.4 is 0 Å². The van der Waals surface area contributed by atoms with Crippen molar-refractivity contribution in [2.45, 2.75) is 19.3 Å². The summed E-state index contributed by atoms with van der Waals surface area (Å²) in [5, 5.41) is 0. The second kappa shape index (κ2) is 8.71. The van der Waals surface area contributed by atoms with Crippen LogP contribution in [0.25, 0.3) is 0 Å². The summed E-state index contributed by atoms with van der Waals surface area (Å²) in [6.45, 7) is 3.54. The van der Waals surface area contributed by atoms with Crippen LogP contribution in [0.15, 0.2) is 24.8 Å². The Morgan fingerprint density at radius 1 is 1.25 bits per heavy atom. The van der Waals surface area contributed by atoms with E-state index >= 15 is 0 Å². The lowest BCUT2D eigenvalue weighted by atomic mass is 10.0.